The molecule has 0 radical (unpaired) electrons. The molecule has 0 aromatic heterocycles. The van der Waals surface area contributed by atoms with Crippen molar-refractivity contribution in [1.82, 2.24) is 10.2 Å². The number of ether oxygens (including phenoxy) is 1. The molecule has 2 rings (SSSR count). The van der Waals surface area contributed by atoms with Crippen LogP contribution in [0.2, 0.25) is 0 Å². The number of hydrogen-bond acceptors (Lipinski definition) is 4. The first-order valence-corrected chi connectivity index (χ1v) is 7.58. The van der Waals surface area contributed by atoms with E-state index in [2.05, 4.69) is 5.32 Å². The van der Waals surface area contributed by atoms with Gasteiger partial charge in [-0.15, -0.1) is 0 Å². The fourth-order valence-corrected chi connectivity index (χ4v) is 3.72. The molecule has 2 heterocycles. The number of likely N-dealkylation sites (tertiary alicyclic amines) is 1. The van der Waals surface area contributed by atoms with Gasteiger partial charge >= 0.3 is 12.1 Å². The molecular weight excluding hydrogens is 272 g/mol. The molecule has 6 heteroatoms. The molecule has 0 bridgehead atoms. The first kappa shape index (κ1) is 16.1. The van der Waals surface area contributed by atoms with Crippen LogP contribution in [0.5, 0.6) is 0 Å². The molecule has 2 atom stereocenters. The monoisotopic (exact) mass is 298 g/mol. The highest BCUT2D eigenvalue weighted by molar-refractivity contribution is 5.77. The van der Waals surface area contributed by atoms with Crippen LogP contribution in [0.15, 0.2) is 0 Å². The summed E-state index contributed by atoms with van der Waals surface area (Å²) in [5.41, 5.74) is -1.70. The zero-order valence-corrected chi connectivity index (χ0v) is 13.4. The summed E-state index contributed by atoms with van der Waals surface area (Å²) in [7, 11) is 0. The quantitative estimate of drug-likeness (QED) is 0.811. The minimum atomic E-state index is -0.788. The molecule has 2 N–H and O–H groups in total. The number of carboxylic acid groups (broad SMARTS) is 1. The minimum absolute atomic E-state index is 0.346. The lowest BCUT2D eigenvalue weighted by molar-refractivity contribution is -0.154. The van der Waals surface area contributed by atoms with Gasteiger partial charge in [0, 0.05) is 31.6 Å². The van der Waals surface area contributed by atoms with Crippen LogP contribution in [0.1, 0.15) is 40.5 Å². The molecule has 0 saturated carbocycles. The molecule has 0 aromatic carbocycles. The highest BCUT2D eigenvalue weighted by Gasteiger charge is 2.61. The molecule has 2 aliphatic heterocycles. The largest absolute Gasteiger partial charge is 0.481 e. The fraction of sp³-hybridized carbons (Fsp3) is 0.867. The Morgan fingerprint density at radius 3 is 2.52 bits per heavy atom. The maximum absolute atomic E-state index is 12.2. The third-order valence-electron chi connectivity index (χ3n) is 4.92. The summed E-state index contributed by atoms with van der Waals surface area (Å²) in [6.07, 6.45) is 0.929. The first-order valence-electron chi connectivity index (χ1n) is 7.58. The van der Waals surface area contributed by atoms with E-state index in [1.165, 1.54) is 0 Å². The average Bonchev–Trinajstić information content (AvgIpc) is 2.93. The van der Waals surface area contributed by atoms with Crippen LogP contribution in [0.3, 0.4) is 0 Å². The van der Waals surface area contributed by atoms with Gasteiger partial charge in [0.1, 0.15) is 5.60 Å². The zero-order chi connectivity index (χ0) is 15.9. The van der Waals surface area contributed by atoms with Crippen molar-refractivity contribution in [2.24, 2.45) is 10.8 Å². The van der Waals surface area contributed by atoms with Crippen molar-refractivity contribution in [3.05, 3.63) is 0 Å². The number of hydrogen-bond donors (Lipinski definition) is 2. The van der Waals surface area contributed by atoms with Gasteiger partial charge in [-0.2, -0.15) is 0 Å². The number of carbonyl (C=O) groups is 2. The van der Waals surface area contributed by atoms with Gasteiger partial charge < -0.3 is 20.1 Å². The molecular formula is C15H26N2O4. The third kappa shape index (κ3) is 2.61. The standard InChI is InChI=1S/C15H26N2O4/c1-5-15(11(18)19)9-16-8-14(15)6-7-17(10-14)12(20)21-13(2,3)4/h16H,5-10H2,1-4H3,(H,18,19). The Morgan fingerprint density at radius 2 is 2.00 bits per heavy atom. The molecule has 1 amide bonds. The molecule has 2 fully saturated rings. The molecule has 120 valence electrons. The van der Waals surface area contributed by atoms with E-state index in [0.29, 0.717) is 39.0 Å². The van der Waals surface area contributed by atoms with Crippen LogP contribution in [0, 0.1) is 10.8 Å². The summed E-state index contributed by atoms with van der Waals surface area (Å²) in [5.74, 6) is -0.763. The lowest BCUT2D eigenvalue weighted by Gasteiger charge is -2.38. The van der Waals surface area contributed by atoms with Crippen molar-refractivity contribution in [3.63, 3.8) is 0 Å². The number of carbonyl (C=O) groups excluding carboxylic acids is 1. The maximum atomic E-state index is 12.2. The molecule has 0 aliphatic carbocycles. The van der Waals surface area contributed by atoms with Crippen molar-refractivity contribution in [3.8, 4) is 0 Å². The second kappa shape index (κ2) is 5.16. The van der Waals surface area contributed by atoms with Gasteiger partial charge in [-0.25, -0.2) is 4.79 Å². The second-order valence-electron chi connectivity index (χ2n) is 7.28. The van der Waals surface area contributed by atoms with E-state index in [1.807, 2.05) is 27.7 Å². The molecule has 2 aliphatic rings. The second-order valence-corrected chi connectivity index (χ2v) is 7.28. The normalized spacial score (nSPS) is 32.7. The molecule has 1 spiro atoms. The zero-order valence-electron chi connectivity index (χ0n) is 13.4. The summed E-state index contributed by atoms with van der Waals surface area (Å²) in [5, 5.41) is 13.0. The summed E-state index contributed by atoms with van der Waals surface area (Å²) in [6, 6.07) is 0. The Balaban J connectivity index is 2.17. The number of nitrogens with one attached hydrogen (secondary N) is 1. The SMILES string of the molecule is CCC1(C(=O)O)CNCC12CCN(C(=O)OC(C)(C)C)C2. The fourth-order valence-electron chi connectivity index (χ4n) is 3.72. The van der Waals surface area contributed by atoms with Gasteiger partial charge in [0.05, 0.1) is 5.41 Å². The number of rotatable bonds is 2. The van der Waals surface area contributed by atoms with Crippen LogP contribution in [-0.2, 0) is 9.53 Å². The third-order valence-corrected chi connectivity index (χ3v) is 4.92. The predicted molar refractivity (Wildman–Crippen MR) is 78.1 cm³/mol. The molecule has 6 nitrogen and oxygen atoms in total. The van der Waals surface area contributed by atoms with Gasteiger partial charge in [0.2, 0.25) is 0 Å². The summed E-state index contributed by atoms with van der Waals surface area (Å²) >= 11 is 0. The van der Waals surface area contributed by atoms with Crippen molar-refractivity contribution >= 4 is 12.1 Å². The predicted octanol–water partition coefficient (Wildman–Crippen LogP) is 1.70. The lowest BCUT2D eigenvalue weighted by atomic mass is 9.63. The van der Waals surface area contributed by atoms with Crippen molar-refractivity contribution in [1.29, 1.82) is 0 Å². The van der Waals surface area contributed by atoms with Gasteiger partial charge in [-0.05, 0) is 33.6 Å². The number of aliphatic carboxylic acids is 1. The number of amides is 1. The summed E-state index contributed by atoms with van der Waals surface area (Å²) in [4.78, 5) is 25.7. The van der Waals surface area contributed by atoms with E-state index in [-0.39, 0.29) is 11.5 Å². The highest BCUT2D eigenvalue weighted by atomic mass is 16.6. The number of carboxylic acids is 1. The Kier molecular flexibility index (Phi) is 3.95. The van der Waals surface area contributed by atoms with Crippen LogP contribution in [0.25, 0.3) is 0 Å². The average molecular weight is 298 g/mol. The molecule has 2 unspecified atom stereocenters. The van der Waals surface area contributed by atoms with E-state index < -0.39 is 17.0 Å². The van der Waals surface area contributed by atoms with Crippen molar-refractivity contribution in [2.75, 3.05) is 26.2 Å². The molecule has 0 aromatic rings. The van der Waals surface area contributed by atoms with E-state index in [4.69, 9.17) is 4.74 Å². The summed E-state index contributed by atoms with van der Waals surface area (Å²) in [6.45, 7) is 9.55. The van der Waals surface area contributed by atoms with Gasteiger partial charge in [0.25, 0.3) is 0 Å². The Hall–Kier alpha value is -1.30. The van der Waals surface area contributed by atoms with E-state index in [9.17, 15) is 14.7 Å². The van der Waals surface area contributed by atoms with Gasteiger partial charge in [-0.3, -0.25) is 4.79 Å². The smallest absolute Gasteiger partial charge is 0.410 e. The minimum Gasteiger partial charge on any atom is -0.481 e. The van der Waals surface area contributed by atoms with Crippen LogP contribution in [-0.4, -0.2) is 53.8 Å². The Morgan fingerprint density at radius 1 is 1.33 bits per heavy atom. The van der Waals surface area contributed by atoms with Crippen molar-refractivity contribution < 1.29 is 19.4 Å². The van der Waals surface area contributed by atoms with Crippen LogP contribution in [0.4, 0.5) is 4.79 Å². The van der Waals surface area contributed by atoms with Crippen LogP contribution >= 0.6 is 0 Å². The molecule has 2 saturated heterocycles. The topological polar surface area (TPSA) is 78.9 Å². The molecule has 21 heavy (non-hydrogen) atoms. The van der Waals surface area contributed by atoms with Crippen molar-refractivity contribution in [2.45, 2.75) is 46.1 Å². The van der Waals surface area contributed by atoms with Gasteiger partial charge in [-0.1, -0.05) is 6.92 Å². The van der Waals surface area contributed by atoms with Crippen LogP contribution < -0.4 is 5.32 Å². The first-order chi connectivity index (χ1) is 9.66. The Bertz CT molecular complexity index is 445. The van der Waals surface area contributed by atoms with Gasteiger partial charge in [0.15, 0.2) is 0 Å². The summed E-state index contributed by atoms with van der Waals surface area (Å²) < 4.78 is 5.41. The van der Waals surface area contributed by atoms with E-state index >= 15 is 0 Å². The van der Waals surface area contributed by atoms with E-state index in [0.717, 1.165) is 0 Å². The number of nitrogens with zero attached hydrogens (tertiary/aromatic N) is 1. The van der Waals surface area contributed by atoms with E-state index in [1.54, 1.807) is 4.90 Å². The lowest BCUT2D eigenvalue weighted by Crippen LogP contribution is -2.49. The highest BCUT2D eigenvalue weighted by Crippen LogP contribution is 2.51. The maximum Gasteiger partial charge on any atom is 0.410 e. The Labute approximate surface area is 125 Å².